The Bertz CT molecular complexity index is 586. The third-order valence-corrected chi connectivity index (χ3v) is 4.18. The van der Waals surface area contributed by atoms with E-state index in [1.54, 1.807) is 7.11 Å². The summed E-state index contributed by atoms with van der Waals surface area (Å²) in [5.41, 5.74) is 2.31. The summed E-state index contributed by atoms with van der Waals surface area (Å²) < 4.78 is 10.8. The predicted octanol–water partition coefficient (Wildman–Crippen LogP) is 3.27. The topological polar surface area (TPSA) is 41.9 Å². The number of aliphatic hydroxyl groups excluding tert-OH is 1. The van der Waals surface area contributed by atoms with Crippen LogP contribution >= 0.6 is 0 Å². The van der Waals surface area contributed by atoms with Crippen LogP contribution in [0.2, 0.25) is 0 Å². The molecule has 0 amide bonds. The summed E-state index contributed by atoms with van der Waals surface area (Å²) in [6, 6.07) is 18.3. The Morgan fingerprint density at radius 1 is 1.04 bits per heavy atom. The van der Waals surface area contributed by atoms with Crippen molar-refractivity contribution in [3.8, 4) is 5.75 Å². The Morgan fingerprint density at radius 3 is 2.33 bits per heavy atom. The van der Waals surface area contributed by atoms with E-state index < -0.39 is 6.10 Å². The molecular formula is C20H27NO3. The number of methoxy groups -OCH3 is 1. The van der Waals surface area contributed by atoms with Gasteiger partial charge in [0.1, 0.15) is 5.75 Å². The molecule has 4 heteroatoms. The first kappa shape index (κ1) is 18.5. The Labute approximate surface area is 144 Å². The first-order chi connectivity index (χ1) is 11.6. The lowest BCUT2D eigenvalue weighted by Crippen LogP contribution is -2.33. The lowest BCUT2D eigenvalue weighted by atomic mass is 10.1. The smallest absolute Gasteiger partial charge is 0.118 e. The molecule has 0 heterocycles. The van der Waals surface area contributed by atoms with E-state index in [0.29, 0.717) is 19.8 Å². The zero-order valence-electron chi connectivity index (χ0n) is 14.7. The van der Waals surface area contributed by atoms with Crippen molar-refractivity contribution in [1.29, 1.82) is 0 Å². The normalized spacial score (nSPS) is 13.7. The summed E-state index contributed by atoms with van der Waals surface area (Å²) in [7, 11) is 3.67. The van der Waals surface area contributed by atoms with E-state index in [1.165, 1.54) is 5.56 Å². The Morgan fingerprint density at radius 2 is 1.71 bits per heavy atom. The molecule has 0 aliphatic rings. The van der Waals surface area contributed by atoms with Crippen molar-refractivity contribution in [1.82, 2.24) is 4.90 Å². The lowest BCUT2D eigenvalue weighted by molar-refractivity contribution is 0.00852. The average molecular weight is 329 g/mol. The van der Waals surface area contributed by atoms with Crippen LogP contribution in [0, 0.1) is 0 Å². The van der Waals surface area contributed by atoms with E-state index >= 15 is 0 Å². The molecular weight excluding hydrogens is 302 g/mol. The zero-order chi connectivity index (χ0) is 17.4. The van der Waals surface area contributed by atoms with Crippen LogP contribution in [-0.4, -0.2) is 43.4 Å². The minimum atomic E-state index is -0.514. The number of aliphatic hydroxyl groups is 1. The number of likely N-dealkylation sites (N-methyl/N-ethyl adjacent to an activating group) is 1. The predicted molar refractivity (Wildman–Crippen MR) is 96.1 cm³/mol. The minimum Gasteiger partial charge on any atom is -0.497 e. The second-order valence-corrected chi connectivity index (χ2v) is 6.04. The first-order valence-corrected chi connectivity index (χ1v) is 8.24. The second kappa shape index (κ2) is 9.42. The van der Waals surface area contributed by atoms with Crippen molar-refractivity contribution < 1.29 is 14.6 Å². The van der Waals surface area contributed by atoms with Crippen molar-refractivity contribution in [2.24, 2.45) is 0 Å². The highest BCUT2D eigenvalue weighted by Gasteiger charge is 2.15. The van der Waals surface area contributed by atoms with E-state index in [2.05, 4.69) is 24.0 Å². The molecule has 0 aromatic heterocycles. The van der Waals surface area contributed by atoms with Crippen LogP contribution in [-0.2, 0) is 11.3 Å². The first-order valence-electron chi connectivity index (χ1n) is 8.24. The van der Waals surface area contributed by atoms with Crippen LogP contribution in [0.4, 0.5) is 0 Å². The van der Waals surface area contributed by atoms with Crippen LogP contribution in [0.15, 0.2) is 54.6 Å². The maximum atomic E-state index is 10.2. The summed E-state index contributed by atoms with van der Waals surface area (Å²) in [4.78, 5) is 2.14. The number of hydrogen-bond donors (Lipinski definition) is 1. The fraction of sp³-hybridized carbons (Fsp3) is 0.400. The Kier molecular flexibility index (Phi) is 7.25. The third kappa shape index (κ3) is 5.64. The maximum Gasteiger partial charge on any atom is 0.118 e. The molecule has 2 rings (SSSR count). The van der Waals surface area contributed by atoms with E-state index in [4.69, 9.17) is 9.47 Å². The van der Waals surface area contributed by atoms with Crippen LogP contribution in [0.25, 0.3) is 0 Å². The minimum absolute atomic E-state index is 0.252. The van der Waals surface area contributed by atoms with Gasteiger partial charge in [-0.1, -0.05) is 42.5 Å². The van der Waals surface area contributed by atoms with Crippen molar-refractivity contribution in [3.05, 3.63) is 65.7 Å². The Hall–Kier alpha value is -1.88. The zero-order valence-corrected chi connectivity index (χ0v) is 14.7. The summed E-state index contributed by atoms with van der Waals surface area (Å²) in [5.74, 6) is 0.829. The highest BCUT2D eigenvalue weighted by atomic mass is 16.5. The van der Waals surface area contributed by atoms with Gasteiger partial charge in [-0.05, 0) is 37.2 Å². The summed E-state index contributed by atoms with van der Waals surface area (Å²) >= 11 is 0. The van der Waals surface area contributed by atoms with E-state index in [0.717, 1.165) is 11.3 Å². The second-order valence-electron chi connectivity index (χ2n) is 6.04. The van der Waals surface area contributed by atoms with Crippen LogP contribution in [0.3, 0.4) is 0 Å². The molecule has 0 bridgehead atoms. The number of benzene rings is 2. The van der Waals surface area contributed by atoms with Gasteiger partial charge in [0.25, 0.3) is 0 Å². The number of nitrogens with zero attached hydrogens (tertiary/aromatic N) is 1. The SMILES string of the molecule is COc1ccc(COCC(O)CN(C)C(C)c2ccccc2)cc1. The average Bonchev–Trinajstić information content (AvgIpc) is 2.62. The van der Waals surface area contributed by atoms with Gasteiger partial charge < -0.3 is 14.6 Å². The van der Waals surface area contributed by atoms with Crippen LogP contribution in [0.5, 0.6) is 5.75 Å². The maximum absolute atomic E-state index is 10.2. The van der Waals surface area contributed by atoms with Gasteiger partial charge in [-0.2, -0.15) is 0 Å². The van der Waals surface area contributed by atoms with Crippen molar-refractivity contribution in [2.45, 2.75) is 25.7 Å². The van der Waals surface area contributed by atoms with Gasteiger partial charge in [-0.15, -0.1) is 0 Å². The summed E-state index contributed by atoms with van der Waals surface area (Å²) in [6.07, 6.45) is -0.514. The van der Waals surface area contributed by atoms with Crippen molar-refractivity contribution in [3.63, 3.8) is 0 Å². The molecule has 24 heavy (non-hydrogen) atoms. The highest BCUT2D eigenvalue weighted by Crippen LogP contribution is 2.18. The van der Waals surface area contributed by atoms with E-state index in [9.17, 15) is 5.11 Å². The largest absolute Gasteiger partial charge is 0.497 e. The summed E-state index contributed by atoms with van der Waals surface area (Å²) in [6.45, 7) is 3.51. The molecule has 2 aromatic rings. The molecule has 2 atom stereocenters. The van der Waals surface area contributed by atoms with E-state index in [-0.39, 0.29) is 6.04 Å². The number of ether oxygens (including phenoxy) is 2. The number of rotatable bonds is 9. The van der Waals surface area contributed by atoms with Crippen LogP contribution in [0.1, 0.15) is 24.1 Å². The fourth-order valence-corrected chi connectivity index (χ4v) is 2.56. The molecule has 2 aromatic carbocycles. The quantitative estimate of drug-likeness (QED) is 0.767. The molecule has 130 valence electrons. The van der Waals surface area contributed by atoms with E-state index in [1.807, 2.05) is 49.5 Å². The standard InChI is InChI=1S/C20H27NO3/c1-16(18-7-5-4-6-8-18)21(2)13-19(22)15-24-14-17-9-11-20(23-3)12-10-17/h4-12,16,19,22H,13-15H2,1-3H3. The van der Waals surface area contributed by atoms with Gasteiger partial charge in [-0.3, -0.25) is 4.90 Å². The molecule has 0 saturated carbocycles. The van der Waals surface area contributed by atoms with Gasteiger partial charge >= 0.3 is 0 Å². The fourth-order valence-electron chi connectivity index (χ4n) is 2.56. The molecule has 0 spiro atoms. The molecule has 4 nitrogen and oxygen atoms in total. The van der Waals surface area contributed by atoms with Gasteiger partial charge in [0.2, 0.25) is 0 Å². The van der Waals surface area contributed by atoms with Crippen LogP contribution < -0.4 is 4.74 Å². The third-order valence-electron chi connectivity index (χ3n) is 4.18. The van der Waals surface area contributed by atoms with Crippen molar-refractivity contribution in [2.75, 3.05) is 27.3 Å². The molecule has 0 radical (unpaired) electrons. The molecule has 0 saturated heterocycles. The lowest BCUT2D eigenvalue weighted by Gasteiger charge is -2.27. The van der Waals surface area contributed by atoms with Gasteiger partial charge in [-0.25, -0.2) is 0 Å². The monoisotopic (exact) mass is 329 g/mol. The molecule has 2 unspecified atom stereocenters. The summed E-state index contributed by atoms with van der Waals surface area (Å²) in [5, 5.41) is 10.2. The Balaban J connectivity index is 1.73. The molecule has 0 aliphatic heterocycles. The van der Waals surface area contributed by atoms with Crippen molar-refractivity contribution >= 4 is 0 Å². The number of hydrogen-bond acceptors (Lipinski definition) is 4. The van der Waals surface area contributed by atoms with Gasteiger partial charge in [0.15, 0.2) is 0 Å². The highest BCUT2D eigenvalue weighted by molar-refractivity contribution is 5.26. The molecule has 0 aliphatic carbocycles. The van der Waals surface area contributed by atoms with Gasteiger partial charge in [0, 0.05) is 12.6 Å². The molecule has 0 fully saturated rings. The molecule has 1 N–H and O–H groups in total. The van der Waals surface area contributed by atoms with Gasteiger partial charge in [0.05, 0.1) is 26.4 Å².